The summed E-state index contributed by atoms with van der Waals surface area (Å²) < 4.78 is 5.23. The van der Waals surface area contributed by atoms with E-state index in [4.69, 9.17) is 27.9 Å². The van der Waals surface area contributed by atoms with Crippen LogP contribution in [-0.2, 0) is 19.2 Å². The smallest absolute Gasteiger partial charge is 0.257 e. The molecule has 9 nitrogen and oxygen atoms in total. The van der Waals surface area contributed by atoms with Crippen LogP contribution in [0.2, 0.25) is 0 Å². The lowest BCUT2D eigenvalue weighted by atomic mass is 9.56. The molecule has 1 aromatic rings. The molecule has 34 heavy (non-hydrogen) atoms. The van der Waals surface area contributed by atoms with E-state index < -0.39 is 57.0 Å². The van der Waals surface area contributed by atoms with Crippen molar-refractivity contribution in [3.05, 3.63) is 35.4 Å². The van der Waals surface area contributed by atoms with E-state index in [1.165, 1.54) is 19.2 Å². The van der Waals surface area contributed by atoms with Gasteiger partial charge in [0.25, 0.3) is 23.6 Å². The number of methoxy groups -OCH3 is 1. The Morgan fingerprint density at radius 2 is 1.85 bits per heavy atom. The number of phenolic OH excluding ortho intramolecular Hbond substituents is 1. The molecular weight excluding hydrogens is 555 g/mol. The lowest BCUT2D eigenvalue weighted by molar-refractivity contribution is -0.173. The number of carbonyl (C=O) groups excluding carboxylic acids is 4. The van der Waals surface area contributed by atoms with Crippen molar-refractivity contribution in [2.24, 2.45) is 17.8 Å². The molecule has 2 aliphatic carbocycles. The molecule has 3 fully saturated rings. The number of aromatic hydroxyl groups is 1. The highest BCUT2D eigenvalue weighted by Gasteiger charge is 2.76. The molecule has 0 radical (unpaired) electrons. The van der Waals surface area contributed by atoms with E-state index >= 15 is 0 Å². The van der Waals surface area contributed by atoms with Gasteiger partial charge in [-0.05, 0) is 36.5 Å². The van der Waals surface area contributed by atoms with Crippen molar-refractivity contribution in [1.29, 1.82) is 0 Å². The molecule has 6 unspecified atom stereocenters. The quantitative estimate of drug-likeness (QED) is 0.187. The Kier molecular flexibility index (Phi) is 5.33. The summed E-state index contributed by atoms with van der Waals surface area (Å²) in [4.78, 5) is 49.4. The summed E-state index contributed by atoms with van der Waals surface area (Å²) in [5, 5.41) is 20.3. The number of ether oxygens (including phenoxy) is 1. The first-order valence-corrected chi connectivity index (χ1v) is 12.3. The topological polar surface area (TPSA) is 124 Å². The summed E-state index contributed by atoms with van der Waals surface area (Å²) in [5.41, 5.74) is 0.894. The number of hydroxylamine groups is 2. The second-order valence-electron chi connectivity index (χ2n) is 8.91. The van der Waals surface area contributed by atoms with Crippen molar-refractivity contribution in [3.63, 3.8) is 0 Å². The minimum Gasteiger partial charge on any atom is -0.504 e. The second kappa shape index (κ2) is 7.68. The van der Waals surface area contributed by atoms with Crippen molar-refractivity contribution in [1.82, 2.24) is 9.96 Å². The van der Waals surface area contributed by atoms with Crippen molar-refractivity contribution in [2.75, 3.05) is 12.6 Å². The standard InChI is InChI=1S/C22H19BrCl2N2O7/c1-34-14-6-9(2-5-13(14)28)16-10-3-4-11-15(18(30)27(33)17(11)29)12(10)7-21(24)19(31)26(8-23)20(32)22(16,21)25/h2-3,5-6,11-12,15-16,28,33H,4,7-8H2,1H3. The number of nitrogens with zero attached hydrogens (tertiary/aromatic N) is 2. The van der Waals surface area contributed by atoms with E-state index in [-0.39, 0.29) is 34.9 Å². The Balaban J connectivity index is 1.76. The highest BCUT2D eigenvalue weighted by Crippen LogP contribution is 2.65. The SMILES string of the molecule is COc1cc(C2C3=CCC4C(=O)N(O)C(=O)C4C3CC3(Cl)C(=O)N(CBr)C(=O)C23Cl)ccc1O. The van der Waals surface area contributed by atoms with Crippen LogP contribution in [-0.4, -0.2) is 66.2 Å². The zero-order chi connectivity index (χ0) is 24.7. The number of imide groups is 2. The average molecular weight is 574 g/mol. The van der Waals surface area contributed by atoms with Crippen molar-refractivity contribution < 1.29 is 34.2 Å². The number of halogens is 3. The number of phenols is 1. The normalized spacial score (nSPS) is 36.9. The number of benzene rings is 1. The molecule has 12 heteroatoms. The maximum absolute atomic E-state index is 13.6. The van der Waals surface area contributed by atoms with Crippen LogP contribution in [0.15, 0.2) is 29.8 Å². The molecule has 0 bridgehead atoms. The van der Waals surface area contributed by atoms with Gasteiger partial charge in [-0.3, -0.25) is 29.3 Å². The molecule has 1 saturated carbocycles. The Bertz CT molecular complexity index is 1190. The van der Waals surface area contributed by atoms with Gasteiger partial charge in [-0.2, -0.15) is 5.06 Å². The van der Waals surface area contributed by atoms with Gasteiger partial charge in [-0.1, -0.05) is 33.6 Å². The molecule has 6 atom stereocenters. The molecule has 2 N–H and O–H groups in total. The third-order valence-electron chi connectivity index (χ3n) is 7.53. The summed E-state index contributed by atoms with van der Waals surface area (Å²) in [6.45, 7) is 0. The van der Waals surface area contributed by atoms with Crippen LogP contribution in [0.1, 0.15) is 24.3 Å². The molecule has 2 aliphatic heterocycles. The lowest BCUT2D eigenvalue weighted by Crippen LogP contribution is -2.60. The zero-order valence-corrected chi connectivity index (χ0v) is 20.8. The Hall–Kier alpha value is -2.14. The van der Waals surface area contributed by atoms with Crippen LogP contribution < -0.4 is 4.74 Å². The first kappa shape index (κ1) is 23.6. The summed E-state index contributed by atoms with van der Waals surface area (Å²) in [7, 11) is 1.37. The first-order chi connectivity index (χ1) is 16.0. The Labute approximate surface area is 212 Å². The highest BCUT2D eigenvalue weighted by atomic mass is 79.9. The van der Waals surface area contributed by atoms with E-state index in [2.05, 4.69) is 15.9 Å². The van der Waals surface area contributed by atoms with Gasteiger partial charge in [0.05, 0.1) is 24.4 Å². The van der Waals surface area contributed by atoms with Crippen LogP contribution >= 0.6 is 39.1 Å². The maximum atomic E-state index is 13.6. The van der Waals surface area contributed by atoms with Gasteiger partial charge in [0.1, 0.15) is 0 Å². The fraction of sp³-hybridized carbons (Fsp3) is 0.455. The second-order valence-corrected chi connectivity index (χ2v) is 10.6. The molecular formula is C22H19BrCl2N2O7. The number of carbonyl (C=O) groups is 4. The molecule has 1 aromatic carbocycles. The third-order valence-corrected chi connectivity index (χ3v) is 9.44. The van der Waals surface area contributed by atoms with Crippen LogP contribution in [0, 0.1) is 17.8 Å². The fourth-order valence-corrected chi connectivity index (χ4v) is 7.41. The number of amides is 4. The first-order valence-electron chi connectivity index (χ1n) is 10.5. The number of allylic oxidation sites excluding steroid dienone is 2. The van der Waals surface area contributed by atoms with E-state index in [0.717, 1.165) is 4.90 Å². The number of alkyl halides is 3. The molecule has 4 aliphatic rings. The monoisotopic (exact) mass is 572 g/mol. The van der Waals surface area contributed by atoms with E-state index in [1.54, 1.807) is 12.1 Å². The number of fused-ring (bicyclic) bond motifs is 4. The van der Waals surface area contributed by atoms with E-state index in [9.17, 15) is 29.5 Å². The highest BCUT2D eigenvalue weighted by molar-refractivity contribution is 9.09. The average Bonchev–Trinajstić information content (AvgIpc) is 3.12. The summed E-state index contributed by atoms with van der Waals surface area (Å²) in [6, 6.07) is 4.43. The largest absolute Gasteiger partial charge is 0.504 e. The molecule has 5 rings (SSSR count). The molecule has 0 spiro atoms. The van der Waals surface area contributed by atoms with E-state index in [1.807, 2.05) is 0 Å². The predicted octanol–water partition coefficient (Wildman–Crippen LogP) is 2.50. The van der Waals surface area contributed by atoms with Gasteiger partial charge < -0.3 is 9.84 Å². The van der Waals surface area contributed by atoms with Crippen molar-refractivity contribution >= 4 is 62.8 Å². The fourth-order valence-electron chi connectivity index (χ4n) is 5.98. The van der Waals surface area contributed by atoms with Crippen molar-refractivity contribution in [3.8, 4) is 11.5 Å². The summed E-state index contributed by atoms with van der Waals surface area (Å²) in [5.74, 6) is -6.36. The number of likely N-dealkylation sites (tertiary alicyclic amines) is 1. The molecule has 0 aromatic heterocycles. The zero-order valence-electron chi connectivity index (χ0n) is 17.7. The van der Waals surface area contributed by atoms with Gasteiger partial charge in [0, 0.05) is 5.92 Å². The number of hydrogen-bond donors (Lipinski definition) is 2. The number of rotatable bonds is 3. The van der Waals surface area contributed by atoms with Gasteiger partial charge in [0.15, 0.2) is 21.2 Å². The van der Waals surface area contributed by atoms with Crippen LogP contribution in [0.5, 0.6) is 11.5 Å². The number of hydrogen-bond acceptors (Lipinski definition) is 7. The van der Waals surface area contributed by atoms with Crippen LogP contribution in [0.25, 0.3) is 0 Å². The van der Waals surface area contributed by atoms with Crippen LogP contribution in [0.4, 0.5) is 0 Å². The minimum absolute atomic E-state index is 0.122. The molecule has 2 saturated heterocycles. The minimum atomic E-state index is -1.94. The predicted molar refractivity (Wildman–Crippen MR) is 122 cm³/mol. The Morgan fingerprint density at radius 3 is 2.50 bits per heavy atom. The molecule has 4 amide bonds. The van der Waals surface area contributed by atoms with Gasteiger partial charge in [-0.15, -0.1) is 23.2 Å². The van der Waals surface area contributed by atoms with Crippen molar-refractivity contribution in [2.45, 2.75) is 28.5 Å². The van der Waals surface area contributed by atoms with E-state index in [0.29, 0.717) is 11.1 Å². The lowest BCUT2D eigenvalue weighted by Gasteiger charge is -2.50. The summed E-state index contributed by atoms with van der Waals surface area (Å²) in [6.07, 6.45) is 1.73. The third kappa shape index (κ3) is 2.71. The Morgan fingerprint density at radius 1 is 1.15 bits per heavy atom. The van der Waals surface area contributed by atoms with Gasteiger partial charge >= 0.3 is 0 Å². The maximum Gasteiger partial charge on any atom is 0.257 e. The van der Waals surface area contributed by atoms with Gasteiger partial charge in [-0.25, -0.2) is 0 Å². The van der Waals surface area contributed by atoms with Gasteiger partial charge in [0.2, 0.25) is 0 Å². The van der Waals surface area contributed by atoms with Crippen LogP contribution in [0.3, 0.4) is 0 Å². The molecule has 180 valence electrons. The summed E-state index contributed by atoms with van der Waals surface area (Å²) >= 11 is 17.2. The molecule has 2 heterocycles.